The fourth-order valence-corrected chi connectivity index (χ4v) is 3.06. The zero-order valence-electron chi connectivity index (χ0n) is 17.3. The van der Waals surface area contributed by atoms with E-state index in [-0.39, 0.29) is 17.3 Å². The monoisotopic (exact) mass is 424 g/mol. The maximum atomic E-state index is 12.8. The topological polar surface area (TPSA) is 72.8 Å². The van der Waals surface area contributed by atoms with Crippen molar-refractivity contribution in [1.82, 2.24) is 0 Å². The van der Waals surface area contributed by atoms with Gasteiger partial charge in [-0.15, -0.1) is 0 Å². The number of aromatic hydroxyl groups is 1. The van der Waals surface area contributed by atoms with Crippen LogP contribution in [0.15, 0.2) is 97.1 Å². The molecule has 0 saturated heterocycles. The molecule has 0 aliphatic carbocycles. The molecular formula is C27H20O5. The highest BCUT2D eigenvalue weighted by Gasteiger charge is 2.10. The van der Waals surface area contributed by atoms with Gasteiger partial charge in [-0.2, -0.15) is 0 Å². The number of rotatable bonds is 7. The van der Waals surface area contributed by atoms with Gasteiger partial charge in [0, 0.05) is 16.7 Å². The molecular weight excluding hydrogens is 404 g/mol. The van der Waals surface area contributed by atoms with Crippen LogP contribution in [0, 0.1) is 0 Å². The van der Waals surface area contributed by atoms with Crippen LogP contribution >= 0.6 is 0 Å². The minimum Gasteiger partial charge on any atom is -0.508 e. The third-order valence-electron chi connectivity index (χ3n) is 4.80. The molecule has 0 bridgehead atoms. The highest BCUT2D eigenvalue weighted by Crippen LogP contribution is 2.26. The van der Waals surface area contributed by atoms with Crippen molar-refractivity contribution in [2.75, 3.05) is 0 Å². The summed E-state index contributed by atoms with van der Waals surface area (Å²) in [5, 5.41) is 9.34. The summed E-state index contributed by atoms with van der Waals surface area (Å²) in [7, 11) is 0. The highest BCUT2D eigenvalue weighted by molar-refractivity contribution is 6.09. The Bertz CT molecular complexity index is 1220. The standard InChI is InChI=1S/C27H20O5/c1-18(28)19-2-10-23(11-3-19)31-24-12-4-20(5-13-24)27(30)21-6-14-25(15-7-21)32-26-16-8-22(29)9-17-26/h2-17,29H,1H3. The summed E-state index contributed by atoms with van der Waals surface area (Å²) in [5.41, 5.74) is 1.70. The first-order valence-corrected chi connectivity index (χ1v) is 9.98. The van der Waals surface area contributed by atoms with Gasteiger partial charge in [0.15, 0.2) is 11.6 Å². The van der Waals surface area contributed by atoms with Crippen LogP contribution in [0.25, 0.3) is 0 Å². The number of ether oxygens (including phenoxy) is 2. The van der Waals surface area contributed by atoms with Crippen molar-refractivity contribution in [3.05, 3.63) is 114 Å². The van der Waals surface area contributed by atoms with E-state index in [1.165, 1.54) is 6.92 Å². The highest BCUT2D eigenvalue weighted by atomic mass is 16.5. The Balaban J connectivity index is 1.40. The van der Waals surface area contributed by atoms with Gasteiger partial charge in [0.05, 0.1) is 0 Å². The Morgan fingerprint density at radius 3 is 1.19 bits per heavy atom. The molecule has 0 aromatic heterocycles. The van der Waals surface area contributed by atoms with Gasteiger partial charge in [-0.1, -0.05) is 0 Å². The van der Waals surface area contributed by atoms with E-state index in [1.807, 2.05) is 0 Å². The summed E-state index contributed by atoms with van der Waals surface area (Å²) in [5.74, 6) is 2.44. The van der Waals surface area contributed by atoms with Gasteiger partial charge < -0.3 is 14.6 Å². The number of phenolic OH excluding ortho intramolecular Hbond substituents is 1. The number of Topliss-reactive ketones (excluding diaryl/α,β-unsaturated/α-hetero) is 1. The van der Waals surface area contributed by atoms with Gasteiger partial charge in [-0.25, -0.2) is 0 Å². The van der Waals surface area contributed by atoms with Crippen molar-refractivity contribution in [2.45, 2.75) is 6.92 Å². The normalized spacial score (nSPS) is 10.4. The lowest BCUT2D eigenvalue weighted by molar-refractivity contribution is 0.101. The Hall–Kier alpha value is -4.38. The molecule has 0 aliphatic rings. The largest absolute Gasteiger partial charge is 0.508 e. The van der Waals surface area contributed by atoms with Crippen LogP contribution in [0.5, 0.6) is 28.7 Å². The second-order valence-electron chi connectivity index (χ2n) is 7.16. The summed E-state index contributed by atoms with van der Waals surface area (Å²) in [6, 6.07) is 27.1. The molecule has 5 heteroatoms. The minimum absolute atomic E-state index is 0.000589. The number of ketones is 2. The van der Waals surface area contributed by atoms with E-state index < -0.39 is 0 Å². The summed E-state index contributed by atoms with van der Waals surface area (Å²) in [6.45, 7) is 1.52. The maximum absolute atomic E-state index is 12.8. The fraction of sp³-hybridized carbons (Fsp3) is 0.0370. The van der Waals surface area contributed by atoms with Gasteiger partial charge in [0.25, 0.3) is 0 Å². The van der Waals surface area contributed by atoms with E-state index in [1.54, 1.807) is 97.1 Å². The van der Waals surface area contributed by atoms with Crippen LogP contribution in [0.1, 0.15) is 33.2 Å². The molecule has 5 nitrogen and oxygen atoms in total. The van der Waals surface area contributed by atoms with Crippen LogP contribution in [-0.2, 0) is 0 Å². The van der Waals surface area contributed by atoms with Crippen LogP contribution in [-0.4, -0.2) is 16.7 Å². The lowest BCUT2D eigenvalue weighted by atomic mass is 10.0. The van der Waals surface area contributed by atoms with E-state index in [9.17, 15) is 14.7 Å². The molecule has 0 radical (unpaired) electrons. The lowest BCUT2D eigenvalue weighted by Crippen LogP contribution is -2.01. The third kappa shape index (κ3) is 5.02. The average Bonchev–Trinajstić information content (AvgIpc) is 2.81. The smallest absolute Gasteiger partial charge is 0.193 e. The maximum Gasteiger partial charge on any atom is 0.193 e. The van der Waals surface area contributed by atoms with E-state index >= 15 is 0 Å². The van der Waals surface area contributed by atoms with Crippen molar-refractivity contribution in [3.63, 3.8) is 0 Å². The predicted octanol–water partition coefficient (Wildman–Crippen LogP) is 6.41. The van der Waals surface area contributed by atoms with Gasteiger partial charge in [0.2, 0.25) is 0 Å². The lowest BCUT2D eigenvalue weighted by Gasteiger charge is -2.08. The third-order valence-corrected chi connectivity index (χ3v) is 4.80. The first kappa shape index (κ1) is 20.9. The number of carbonyl (C=O) groups excluding carboxylic acids is 2. The molecule has 158 valence electrons. The van der Waals surface area contributed by atoms with Crippen molar-refractivity contribution in [2.24, 2.45) is 0 Å². The average molecular weight is 424 g/mol. The van der Waals surface area contributed by atoms with Gasteiger partial charge in [-0.3, -0.25) is 9.59 Å². The molecule has 0 amide bonds. The second kappa shape index (κ2) is 9.18. The quantitative estimate of drug-likeness (QED) is 0.347. The molecule has 0 saturated carbocycles. The molecule has 32 heavy (non-hydrogen) atoms. The second-order valence-corrected chi connectivity index (χ2v) is 7.16. The fourth-order valence-electron chi connectivity index (χ4n) is 3.06. The van der Waals surface area contributed by atoms with Crippen molar-refractivity contribution < 1.29 is 24.2 Å². The molecule has 4 rings (SSSR count). The van der Waals surface area contributed by atoms with E-state index in [2.05, 4.69) is 0 Å². The summed E-state index contributed by atoms with van der Waals surface area (Å²) in [6.07, 6.45) is 0. The molecule has 0 spiro atoms. The molecule has 4 aromatic rings. The number of phenols is 1. The van der Waals surface area contributed by atoms with E-state index in [0.717, 1.165) is 0 Å². The Morgan fingerprint density at radius 2 is 0.844 bits per heavy atom. The molecule has 4 aromatic carbocycles. The number of carbonyl (C=O) groups is 2. The summed E-state index contributed by atoms with van der Waals surface area (Å²) < 4.78 is 11.5. The van der Waals surface area contributed by atoms with Gasteiger partial charge >= 0.3 is 0 Å². The molecule has 0 heterocycles. The molecule has 0 unspecified atom stereocenters. The van der Waals surface area contributed by atoms with Crippen LogP contribution in [0.4, 0.5) is 0 Å². The van der Waals surface area contributed by atoms with Crippen LogP contribution in [0.3, 0.4) is 0 Å². The van der Waals surface area contributed by atoms with Gasteiger partial charge in [0.1, 0.15) is 28.7 Å². The number of hydrogen-bond donors (Lipinski definition) is 1. The molecule has 1 N–H and O–H groups in total. The van der Waals surface area contributed by atoms with Gasteiger partial charge in [-0.05, 0) is 104 Å². The first-order valence-electron chi connectivity index (χ1n) is 9.98. The molecule has 0 aliphatic heterocycles. The van der Waals surface area contributed by atoms with Crippen molar-refractivity contribution in [1.29, 1.82) is 0 Å². The van der Waals surface area contributed by atoms with E-state index in [0.29, 0.717) is 39.7 Å². The van der Waals surface area contributed by atoms with Crippen molar-refractivity contribution in [3.8, 4) is 28.7 Å². The number of hydrogen-bond acceptors (Lipinski definition) is 5. The van der Waals surface area contributed by atoms with Crippen LogP contribution < -0.4 is 9.47 Å². The Morgan fingerprint density at radius 1 is 0.531 bits per heavy atom. The summed E-state index contributed by atoms with van der Waals surface area (Å²) >= 11 is 0. The first-order chi connectivity index (χ1) is 15.5. The zero-order chi connectivity index (χ0) is 22.5. The SMILES string of the molecule is CC(=O)c1ccc(Oc2ccc(C(=O)c3ccc(Oc4ccc(O)cc4)cc3)cc2)cc1. The predicted molar refractivity (Wildman–Crippen MR) is 121 cm³/mol. The van der Waals surface area contributed by atoms with Crippen molar-refractivity contribution >= 4 is 11.6 Å². The number of benzene rings is 4. The molecule has 0 atom stereocenters. The minimum atomic E-state index is -0.112. The molecule has 0 fully saturated rings. The summed E-state index contributed by atoms with van der Waals surface area (Å²) in [4.78, 5) is 24.1. The Kier molecular flexibility index (Phi) is 5.99. The zero-order valence-corrected chi connectivity index (χ0v) is 17.3. The Labute approximate surface area is 185 Å². The van der Waals surface area contributed by atoms with Crippen LogP contribution in [0.2, 0.25) is 0 Å². The van der Waals surface area contributed by atoms with E-state index in [4.69, 9.17) is 9.47 Å².